The number of rotatable bonds is 1. The number of benzene rings is 1. The minimum absolute atomic E-state index is 0.272. The third-order valence-corrected chi connectivity index (χ3v) is 3.50. The molecule has 23 heavy (non-hydrogen) atoms. The Morgan fingerprint density at radius 1 is 1.04 bits per heavy atom. The Morgan fingerprint density at radius 2 is 1.70 bits per heavy atom. The molecule has 4 nitrogen and oxygen atoms in total. The van der Waals surface area contributed by atoms with Gasteiger partial charge in [0.2, 0.25) is 0 Å². The Hall–Kier alpha value is 0.644. The van der Waals surface area contributed by atoms with E-state index in [1.165, 1.54) is 5.56 Å². The van der Waals surface area contributed by atoms with Crippen LogP contribution in [0.4, 0.5) is 0 Å². The summed E-state index contributed by atoms with van der Waals surface area (Å²) in [6.45, 7) is 7.03. The van der Waals surface area contributed by atoms with E-state index in [0.717, 1.165) is 45.8 Å². The van der Waals surface area contributed by atoms with Gasteiger partial charge in [0.15, 0.2) is 0 Å². The molecular formula is C15H25Cl3N4Ti. The van der Waals surface area contributed by atoms with Crippen molar-refractivity contribution in [2.75, 3.05) is 52.9 Å². The molecule has 0 radical (unpaired) electrons. The van der Waals surface area contributed by atoms with Crippen LogP contribution in [0, 0.1) is 0 Å². The Labute approximate surface area is 157 Å². The van der Waals surface area contributed by atoms with E-state index in [0.29, 0.717) is 0 Å². The molecule has 0 spiro atoms. The van der Waals surface area contributed by atoms with Gasteiger partial charge in [-0.05, 0) is 20.1 Å². The number of hydrogen-bond acceptors (Lipinski definition) is 3. The summed E-state index contributed by atoms with van der Waals surface area (Å²) in [5.41, 5.74) is 1.31. The molecular weight excluding hydrogens is 390 g/mol. The van der Waals surface area contributed by atoms with Crippen molar-refractivity contribution >= 4 is 27.9 Å². The molecule has 1 aliphatic heterocycles. The van der Waals surface area contributed by atoms with Crippen LogP contribution in [0.5, 0.6) is 0 Å². The standard InChI is InChI=1S/C15H25N4.3ClH.Ti/c1-19-11-9-16-7-8-17-13-15(18-10-12-19)14-5-3-2-4-6-14;;;;/h2-6,15-17H,7-13H2,1H3;3*1H;/q-1;;;;+4/p-3. The van der Waals surface area contributed by atoms with Crippen LogP contribution < -0.4 is 10.6 Å². The van der Waals surface area contributed by atoms with Gasteiger partial charge in [-0.2, -0.15) is 0 Å². The second kappa shape index (κ2) is 13.9. The zero-order valence-corrected chi connectivity index (χ0v) is 17.3. The Balaban J connectivity index is 0.000000593. The fraction of sp³-hybridized carbons (Fsp3) is 0.600. The monoisotopic (exact) mass is 414 g/mol. The van der Waals surface area contributed by atoms with Crippen molar-refractivity contribution in [2.45, 2.75) is 6.04 Å². The summed E-state index contributed by atoms with van der Waals surface area (Å²) >= 11 is -1.92. The van der Waals surface area contributed by atoms with Crippen LogP contribution in [0.3, 0.4) is 0 Å². The molecule has 0 saturated carbocycles. The molecule has 1 saturated heterocycles. The van der Waals surface area contributed by atoms with E-state index in [4.69, 9.17) is 33.2 Å². The van der Waals surface area contributed by atoms with Crippen LogP contribution in [0.15, 0.2) is 30.3 Å². The average Bonchev–Trinajstić information content (AvgIpc) is 2.51. The summed E-state index contributed by atoms with van der Waals surface area (Å²) < 4.78 is 0. The van der Waals surface area contributed by atoms with Crippen LogP contribution >= 0.6 is 27.9 Å². The first-order valence-electron chi connectivity index (χ1n) is 7.74. The van der Waals surface area contributed by atoms with E-state index in [9.17, 15) is 0 Å². The molecule has 0 amide bonds. The molecule has 1 aromatic carbocycles. The maximum absolute atomic E-state index is 4.97. The maximum atomic E-state index is 4.97. The van der Waals surface area contributed by atoms with Gasteiger partial charge in [-0.15, -0.1) is 6.54 Å². The summed E-state index contributed by atoms with van der Waals surface area (Å²) in [6, 6.07) is 10.9. The van der Waals surface area contributed by atoms with Crippen molar-refractivity contribution in [1.29, 1.82) is 0 Å². The summed E-state index contributed by atoms with van der Waals surface area (Å²) in [6.07, 6.45) is 0. The van der Waals surface area contributed by atoms with E-state index in [2.05, 4.69) is 52.9 Å². The number of nitrogens with one attached hydrogen (secondary N) is 2. The van der Waals surface area contributed by atoms with Crippen molar-refractivity contribution in [3.8, 4) is 0 Å². The van der Waals surface area contributed by atoms with Crippen molar-refractivity contribution in [3.05, 3.63) is 41.2 Å². The predicted octanol–water partition coefficient (Wildman–Crippen LogP) is 3.29. The third kappa shape index (κ3) is 11.8. The Kier molecular flexibility index (Phi) is 13.1. The third-order valence-electron chi connectivity index (χ3n) is 3.50. The zero-order chi connectivity index (χ0) is 16.9. The van der Waals surface area contributed by atoms with E-state index in [1.807, 2.05) is 0 Å². The Bertz CT molecular complexity index is 395. The van der Waals surface area contributed by atoms with Crippen molar-refractivity contribution in [2.24, 2.45) is 0 Å². The van der Waals surface area contributed by atoms with Crippen LogP contribution in [0.25, 0.3) is 5.32 Å². The summed E-state index contributed by atoms with van der Waals surface area (Å²) in [5.74, 6) is 0. The molecule has 1 heterocycles. The molecule has 0 aromatic heterocycles. The van der Waals surface area contributed by atoms with Gasteiger partial charge >= 0.3 is 42.6 Å². The van der Waals surface area contributed by atoms with E-state index in [-0.39, 0.29) is 6.04 Å². The fourth-order valence-corrected chi connectivity index (χ4v) is 2.27. The van der Waals surface area contributed by atoms with Crippen LogP contribution in [0.2, 0.25) is 0 Å². The summed E-state index contributed by atoms with van der Waals surface area (Å²) in [4.78, 5) is 2.34. The van der Waals surface area contributed by atoms with E-state index >= 15 is 0 Å². The van der Waals surface area contributed by atoms with Crippen LogP contribution in [-0.4, -0.2) is 57.8 Å². The van der Waals surface area contributed by atoms with Crippen molar-refractivity contribution in [3.63, 3.8) is 0 Å². The average molecular weight is 416 g/mol. The van der Waals surface area contributed by atoms with Gasteiger partial charge in [0.05, 0.1) is 0 Å². The molecule has 2 rings (SSSR count). The molecule has 1 aromatic rings. The van der Waals surface area contributed by atoms with Crippen molar-refractivity contribution < 1.29 is 14.7 Å². The first-order valence-corrected chi connectivity index (χ1v) is 14.2. The quantitative estimate of drug-likeness (QED) is 0.692. The first-order chi connectivity index (χ1) is 11.1. The van der Waals surface area contributed by atoms with Gasteiger partial charge in [-0.3, -0.25) is 0 Å². The van der Waals surface area contributed by atoms with Gasteiger partial charge in [0.25, 0.3) is 0 Å². The Morgan fingerprint density at radius 3 is 2.39 bits per heavy atom. The van der Waals surface area contributed by atoms with Gasteiger partial charge in [0, 0.05) is 26.2 Å². The number of likely N-dealkylation sites (N-methyl/N-ethyl adjacent to an activating group) is 1. The topological polar surface area (TPSA) is 41.4 Å². The van der Waals surface area contributed by atoms with E-state index in [1.54, 1.807) is 0 Å². The van der Waals surface area contributed by atoms with Crippen molar-refractivity contribution in [1.82, 2.24) is 15.5 Å². The second-order valence-corrected chi connectivity index (χ2v) is 13.0. The normalized spacial score (nSPS) is 21.3. The number of hydrogen-bond donors (Lipinski definition) is 2. The molecule has 0 bridgehead atoms. The van der Waals surface area contributed by atoms with Crippen LogP contribution in [-0.2, 0) is 14.7 Å². The SMILES string of the molecule is CN1CC[N-]C(c2ccccc2)CNCCNCC1.[Cl][Ti+]([Cl])[Cl]. The molecule has 1 fully saturated rings. The molecule has 8 heteroatoms. The zero-order valence-electron chi connectivity index (χ0n) is 13.4. The second-order valence-electron chi connectivity index (χ2n) is 5.30. The van der Waals surface area contributed by atoms with E-state index < -0.39 is 14.7 Å². The molecule has 130 valence electrons. The van der Waals surface area contributed by atoms with Crippen LogP contribution in [0.1, 0.15) is 11.6 Å². The molecule has 0 aliphatic carbocycles. The minimum atomic E-state index is -1.92. The number of halogens is 3. The fourth-order valence-electron chi connectivity index (χ4n) is 2.27. The summed E-state index contributed by atoms with van der Waals surface area (Å²) in [5, 5.41) is 11.8. The number of nitrogens with zero attached hydrogens (tertiary/aromatic N) is 2. The molecule has 1 aliphatic rings. The molecule has 1 atom stereocenters. The predicted molar refractivity (Wildman–Crippen MR) is 98.2 cm³/mol. The van der Waals surface area contributed by atoms with Gasteiger partial charge in [0.1, 0.15) is 0 Å². The summed E-state index contributed by atoms with van der Waals surface area (Å²) in [7, 11) is 17.1. The van der Waals surface area contributed by atoms with Gasteiger partial charge < -0.3 is 20.9 Å². The molecule has 2 N–H and O–H groups in total. The molecule has 1 unspecified atom stereocenters. The first kappa shape index (κ1) is 21.7. The van der Waals surface area contributed by atoms with Gasteiger partial charge in [-0.25, -0.2) is 0 Å². The van der Waals surface area contributed by atoms with Gasteiger partial charge in [-0.1, -0.05) is 41.9 Å².